The van der Waals surface area contributed by atoms with E-state index >= 15 is 0 Å². The van der Waals surface area contributed by atoms with E-state index in [1.165, 1.54) is 7.11 Å². The van der Waals surface area contributed by atoms with E-state index < -0.39 is 0 Å². The Bertz CT molecular complexity index is 339. The van der Waals surface area contributed by atoms with Gasteiger partial charge in [0.05, 0.1) is 7.11 Å². The third-order valence-corrected chi connectivity index (χ3v) is 2.58. The number of carbonyl (C=O) groups is 1. The van der Waals surface area contributed by atoms with Crippen LogP contribution in [0.1, 0.15) is 23.0 Å². The summed E-state index contributed by atoms with van der Waals surface area (Å²) in [5.74, 6) is 0.538. The lowest BCUT2D eigenvalue weighted by Gasteiger charge is -2.05. The van der Waals surface area contributed by atoms with Crippen LogP contribution in [-0.4, -0.2) is 23.8 Å². The lowest BCUT2D eigenvalue weighted by atomic mass is 10.3. The van der Waals surface area contributed by atoms with E-state index in [1.807, 2.05) is 19.9 Å². The monoisotopic (exact) mass is 211 g/mol. The van der Waals surface area contributed by atoms with Crippen molar-refractivity contribution in [1.82, 2.24) is 4.98 Å². The van der Waals surface area contributed by atoms with E-state index in [-0.39, 0.29) is 5.97 Å². The Morgan fingerprint density at radius 2 is 2.36 bits per heavy atom. The summed E-state index contributed by atoms with van der Waals surface area (Å²) in [5, 5.41) is 0. The van der Waals surface area contributed by atoms with E-state index in [4.69, 9.17) is 0 Å². The number of hydrogen-bond acceptors (Lipinski definition) is 4. The molecule has 0 saturated heterocycles. The van der Waals surface area contributed by atoms with Gasteiger partial charge in [0.2, 0.25) is 0 Å². The number of pyridine rings is 1. The maximum absolute atomic E-state index is 11.3. The van der Waals surface area contributed by atoms with Crippen molar-refractivity contribution in [3.63, 3.8) is 0 Å². The minimum atomic E-state index is -0.374. The highest BCUT2D eigenvalue weighted by Crippen LogP contribution is 2.22. The van der Waals surface area contributed by atoms with Crippen molar-refractivity contribution in [2.24, 2.45) is 0 Å². The van der Waals surface area contributed by atoms with Crippen LogP contribution in [0.15, 0.2) is 17.2 Å². The molecule has 1 aromatic rings. The second-order valence-corrected chi connectivity index (χ2v) is 4.09. The van der Waals surface area contributed by atoms with Crippen LogP contribution in [0.3, 0.4) is 0 Å². The number of aromatic nitrogens is 1. The Morgan fingerprint density at radius 1 is 1.64 bits per heavy atom. The summed E-state index contributed by atoms with van der Waals surface area (Å²) in [6.45, 7) is 3.99. The highest BCUT2D eigenvalue weighted by atomic mass is 32.2. The van der Waals surface area contributed by atoms with E-state index in [0.717, 1.165) is 16.2 Å². The number of ether oxygens (including phenoxy) is 1. The lowest BCUT2D eigenvalue weighted by molar-refractivity contribution is 0.0589. The Balaban J connectivity index is 3.07. The normalized spacial score (nSPS) is 9.93. The van der Waals surface area contributed by atoms with Crippen LogP contribution >= 0.6 is 11.8 Å². The smallest absolute Gasteiger partial charge is 0.357 e. The first kappa shape index (κ1) is 11.0. The van der Waals surface area contributed by atoms with Crippen molar-refractivity contribution in [1.29, 1.82) is 0 Å². The van der Waals surface area contributed by atoms with E-state index in [1.54, 1.807) is 18.0 Å². The van der Waals surface area contributed by atoms with Crippen LogP contribution in [0.2, 0.25) is 0 Å². The quantitative estimate of drug-likeness (QED) is 0.568. The first-order valence-electron chi connectivity index (χ1n) is 4.36. The fraction of sp³-hybridized carbons (Fsp3) is 0.400. The molecule has 0 spiro atoms. The molecule has 3 nitrogen and oxygen atoms in total. The van der Waals surface area contributed by atoms with Gasteiger partial charge >= 0.3 is 5.97 Å². The standard InChI is InChI=1S/C10H13NO2S/c1-4-14-8-5-7(2)6-11-9(8)10(12)13-3/h5-6H,4H2,1-3H3. The van der Waals surface area contributed by atoms with Gasteiger partial charge in [0.15, 0.2) is 5.69 Å². The number of nitrogens with zero attached hydrogens (tertiary/aromatic N) is 1. The summed E-state index contributed by atoms with van der Waals surface area (Å²) in [7, 11) is 1.37. The fourth-order valence-corrected chi connectivity index (χ4v) is 1.91. The summed E-state index contributed by atoms with van der Waals surface area (Å²) in [6.07, 6.45) is 1.67. The first-order valence-corrected chi connectivity index (χ1v) is 5.35. The van der Waals surface area contributed by atoms with Gasteiger partial charge in [-0.25, -0.2) is 9.78 Å². The van der Waals surface area contributed by atoms with Crippen molar-refractivity contribution in [2.45, 2.75) is 18.7 Å². The second kappa shape index (κ2) is 5.00. The molecule has 0 N–H and O–H groups in total. The number of hydrogen-bond donors (Lipinski definition) is 0. The van der Waals surface area contributed by atoms with Gasteiger partial charge in [-0.2, -0.15) is 0 Å². The average Bonchev–Trinajstić information content (AvgIpc) is 2.17. The molecule has 0 radical (unpaired) electrons. The number of rotatable bonds is 3. The second-order valence-electron chi connectivity index (χ2n) is 2.78. The van der Waals surface area contributed by atoms with Crippen molar-refractivity contribution < 1.29 is 9.53 Å². The van der Waals surface area contributed by atoms with Gasteiger partial charge in [0.25, 0.3) is 0 Å². The molecule has 0 saturated carbocycles. The first-order chi connectivity index (χ1) is 6.69. The Morgan fingerprint density at radius 3 is 2.93 bits per heavy atom. The van der Waals surface area contributed by atoms with Gasteiger partial charge in [-0.05, 0) is 24.3 Å². The van der Waals surface area contributed by atoms with Gasteiger partial charge < -0.3 is 4.74 Å². The molecular weight excluding hydrogens is 198 g/mol. The molecule has 0 amide bonds. The predicted octanol–water partition coefficient (Wildman–Crippen LogP) is 2.29. The molecule has 0 aliphatic carbocycles. The number of methoxy groups -OCH3 is 1. The summed E-state index contributed by atoms with van der Waals surface area (Å²) < 4.78 is 4.65. The minimum absolute atomic E-state index is 0.374. The van der Waals surface area contributed by atoms with Crippen LogP contribution in [0.25, 0.3) is 0 Å². The summed E-state index contributed by atoms with van der Waals surface area (Å²) >= 11 is 1.60. The maximum atomic E-state index is 11.3. The van der Waals surface area contributed by atoms with Crippen molar-refractivity contribution >= 4 is 17.7 Å². The van der Waals surface area contributed by atoms with Crippen molar-refractivity contribution in [3.8, 4) is 0 Å². The number of aryl methyl sites for hydroxylation is 1. The van der Waals surface area contributed by atoms with E-state index in [0.29, 0.717) is 5.69 Å². The Hall–Kier alpha value is -1.03. The molecule has 4 heteroatoms. The van der Waals surface area contributed by atoms with Crippen molar-refractivity contribution in [2.75, 3.05) is 12.9 Å². The van der Waals surface area contributed by atoms with Gasteiger partial charge in [-0.15, -0.1) is 11.8 Å². The topological polar surface area (TPSA) is 39.2 Å². The molecule has 76 valence electrons. The molecule has 0 aliphatic heterocycles. The maximum Gasteiger partial charge on any atom is 0.357 e. The molecule has 1 aromatic heterocycles. The molecule has 0 fully saturated rings. The minimum Gasteiger partial charge on any atom is -0.464 e. The molecular formula is C10H13NO2S. The zero-order valence-corrected chi connectivity index (χ0v) is 9.35. The third kappa shape index (κ3) is 2.48. The van der Waals surface area contributed by atoms with Gasteiger partial charge in [-0.3, -0.25) is 0 Å². The number of esters is 1. The van der Waals surface area contributed by atoms with Gasteiger partial charge in [0, 0.05) is 11.1 Å². The molecule has 0 atom stereocenters. The highest BCUT2D eigenvalue weighted by Gasteiger charge is 2.13. The van der Waals surface area contributed by atoms with Crippen LogP contribution in [0.4, 0.5) is 0 Å². The largest absolute Gasteiger partial charge is 0.464 e. The summed E-state index contributed by atoms with van der Waals surface area (Å²) in [5.41, 5.74) is 1.46. The van der Waals surface area contributed by atoms with Crippen LogP contribution in [-0.2, 0) is 4.74 Å². The molecule has 0 unspecified atom stereocenters. The van der Waals surface area contributed by atoms with Gasteiger partial charge in [-0.1, -0.05) is 6.92 Å². The van der Waals surface area contributed by atoms with Crippen LogP contribution < -0.4 is 0 Å². The molecule has 14 heavy (non-hydrogen) atoms. The molecule has 0 aliphatic rings. The van der Waals surface area contributed by atoms with E-state index in [9.17, 15) is 4.79 Å². The average molecular weight is 211 g/mol. The predicted molar refractivity (Wildman–Crippen MR) is 56.7 cm³/mol. The summed E-state index contributed by atoms with van der Waals surface area (Å²) in [4.78, 5) is 16.3. The van der Waals surface area contributed by atoms with Crippen LogP contribution in [0.5, 0.6) is 0 Å². The molecule has 1 rings (SSSR count). The van der Waals surface area contributed by atoms with E-state index in [2.05, 4.69) is 9.72 Å². The summed E-state index contributed by atoms with van der Waals surface area (Å²) in [6, 6.07) is 1.95. The third-order valence-electron chi connectivity index (χ3n) is 1.67. The van der Waals surface area contributed by atoms with Crippen molar-refractivity contribution in [3.05, 3.63) is 23.5 Å². The number of carbonyl (C=O) groups excluding carboxylic acids is 1. The van der Waals surface area contributed by atoms with Crippen LogP contribution in [0, 0.1) is 6.92 Å². The molecule has 1 heterocycles. The zero-order valence-electron chi connectivity index (χ0n) is 8.53. The lowest BCUT2D eigenvalue weighted by Crippen LogP contribution is -2.06. The van der Waals surface area contributed by atoms with Gasteiger partial charge in [0.1, 0.15) is 0 Å². The SMILES string of the molecule is CCSc1cc(C)cnc1C(=O)OC. The Labute approximate surface area is 87.9 Å². The Kier molecular flexibility index (Phi) is 3.95. The molecule has 0 aromatic carbocycles. The molecule has 0 bridgehead atoms. The highest BCUT2D eigenvalue weighted by molar-refractivity contribution is 7.99. The number of thioether (sulfide) groups is 1. The fourth-order valence-electron chi connectivity index (χ4n) is 1.06. The zero-order chi connectivity index (χ0) is 10.6.